The van der Waals surface area contributed by atoms with Crippen LogP contribution in [0.15, 0.2) is 29.3 Å². The first kappa shape index (κ1) is 7.79. The minimum Gasteiger partial charge on any atom is -0.469 e. The third-order valence-electron chi connectivity index (χ3n) is 1.85. The molecule has 2 aromatic heterocycles. The molecule has 2 heterocycles. The van der Waals surface area contributed by atoms with Crippen LogP contribution in [0.1, 0.15) is 5.76 Å². The van der Waals surface area contributed by atoms with Gasteiger partial charge < -0.3 is 10.2 Å². The molecule has 0 aliphatic carbocycles. The van der Waals surface area contributed by atoms with E-state index in [-0.39, 0.29) is 0 Å². The van der Waals surface area contributed by atoms with Gasteiger partial charge in [-0.25, -0.2) is 9.97 Å². The first-order valence-corrected chi connectivity index (χ1v) is 3.89. The average Bonchev–Trinajstić information content (AvgIpc) is 2.52. The van der Waals surface area contributed by atoms with E-state index in [1.54, 1.807) is 12.5 Å². The van der Waals surface area contributed by atoms with E-state index < -0.39 is 0 Å². The fourth-order valence-electron chi connectivity index (χ4n) is 1.20. The van der Waals surface area contributed by atoms with Crippen molar-refractivity contribution >= 4 is 5.69 Å². The maximum absolute atomic E-state index is 5.71. The lowest BCUT2D eigenvalue weighted by Crippen LogP contribution is -1.94. The second-order valence-electron chi connectivity index (χ2n) is 2.72. The smallest absolute Gasteiger partial charge is 0.116 e. The molecule has 0 radical (unpaired) electrons. The molecule has 4 heteroatoms. The lowest BCUT2D eigenvalue weighted by Gasteiger charge is -2.00. The maximum atomic E-state index is 5.71. The molecule has 0 bridgehead atoms. The van der Waals surface area contributed by atoms with Crippen molar-refractivity contribution < 1.29 is 4.42 Å². The van der Waals surface area contributed by atoms with Crippen LogP contribution in [-0.2, 0) is 0 Å². The van der Waals surface area contributed by atoms with E-state index in [1.165, 1.54) is 6.33 Å². The van der Waals surface area contributed by atoms with E-state index in [0.29, 0.717) is 5.69 Å². The summed E-state index contributed by atoms with van der Waals surface area (Å²) in [4.78, 5) is 7.90. The van der Waals surface area contributed by atoms with E-state index in [4.69, 9.17) is 10.2 Å². The molecule has 2 N–H and O–H groups in total. The van der Waals surface area contributed by atoms with Crippen LogP contribution < -0.4 is 5.73 Å². The number of nitrogens with two attached hydrogens (primary N) is 1. The van der Waals surface area contributed by atoms with Crippen LogP contribution in [0.25, 0.3) is 11.3 Å². The van der Waals surface area contributed by atoms with Crippen molar-refractivity contribution in [1.29, 1.82) is 0 Å². The van der Waals surface area contributed by atoms with Crippen LogP contribution in [0.5, 0.6) is 0 Å². The predicted octanol–water partition coefficient (Wildman–Crippen LogP) is 1.63. The second kappa shape index (κ2) is 2.90. The highest BCUT2D eigenvalue weighted by atomic mass is 16.3. The van der Waals surface area contributed by atoms with Gasteiger partial charge in [-0.3, -0.25) is 0 Å². The summed E-state index contributed by atoms with van der Waals surface area (Å²) in [5.41, 5.74) is 7.92. The molecule has 2 aromatic rings. The largest absolute Gasteiger partial charge is 0.469 e. The predicted molar refractivity (Wildman–Crippen MR) is 48.9 cm³/mol. The number of nitrogen functional groups attached to an aromatic ring is 1. The third-order valence-corrected chi connectivity index (χ3v) is 1.85. The van der Waals surface area contributed by atoms with Crippen molar-refractivity contribution in [2.24, 2.45) is 0 Å². The molecule has 0 saturated carbocycles. The fourth-order valence-corrected chi connectivity index (χ4v) is 1.20. The minimum atomic E-state index is 0.562. The summed E-state index contributed by atoms with van der Waals surface area (Å²) in [6.45, 7) is 1.87. The summed E-state index contributed by atoms with van der Waals surface area (Å²) in [5.74, 6) is 0.811. The molecule has 4 nitrogen and oxygen atoms in total. The van der Waals surface area contributed by atoms with Gasteiger partial charge >= 0.3 is 0 Å². The summed E-state index contributed by atoms with van der Waals surface area (Å²) in [7, 11) is 0. The van der Waals surface area contributed by atoms with Crippen LogP contribution in [-0.4, -0.2) is 9.97 Å². The van der Waals surface area contributed by atoms with Crippen LogP contribution in [0.3, 0.4) is 0 Å². The quantitative estimate of drug-likeness (QED) is 0.715. The van der Waals surface area contributed by atoms with Crippen molar-refractivity contribution in [3.05, 3.63) is 30.6 Å². The van der Waals surface area contributed by atoms with Gasteiger partial charge in [-0.15, -0.1) is 0 Å². The molecule has 0 saturated heterocycles. The molecule has 0 atom stereocenters. The molecular formula is C9H9N3O. The lowest BCUT2D eigenvalue weighted by molar-refractivity contribution is 0.535. The number of hydrogen-bond donors (Lipinski definition) is 1. The van der Waals surface area contributed by atoms with Gasteiger partial charge in [0.25, 0.3) is 0 Å². The fraction of sp³-hybridized carbons (Fsp3) is 0.111. The molecule has 0 fully saturated rings. The van der Waals surface area contributed by atoms with Gasteiger partial charge in [-0.1, -0.05) is 0 Å². The summed E-state index contributed by atoms with van der Waals surface area (Å²) in [5, 5.41) is 0. The average molecular weight is 175 g/mol. The first-order chi connectivity index (χ1) is 6.29. The first-order valence-electron chi connectivity index (χ1n) is 3.89. The summed E-state index contributed by atoms with van der Waals surface area (Å²) >= 11 is 0. The zero-order chi connectivity index (χ0) is 9.26. The zero-order valence-corrected chi connectivity index (χ0v) is 7.19. The Balaban J connectivity index is 2.59. The monoisotopic (exact) mass is 175 g/mol. The summed E-state index contributed by atoms with van der Waals surface area (Å²) < 4.78 is 5.16. The molecule has 13 heavy (non-hydrogen) atoms. The van der Waals surface area contributed by atoms with Crippen molar-refractivity contribution in [3.8, 4) is 11.3 Å². The van der Waals surface area contributed by atoms with E-state index in [0.717, 1.165) is 17.0 Å². The number of aryl methyl sites for hydroxylation is 1. The molecule has 0 aromatic carbocycles. The Morgan fingerprint density at radius 2 is 2.31 bits per heavy atom. The van der Waals surface area contributed by atoms with Gasteiger partial charge in [0.1, 0.15) is 17.8 Å². The van der Waals surface area contributed by atoms with E-state index in [2.05, 4.69) is 9.97 Å². The number of aromatic nitrogens is 2. The molecule has 0 aliphatic heterocycles. The van der Waals surface area contributed by atoms with Crippen molar-refractivity contribution in [3.63, 3.8) is 0 Å². The Morgan fingerprint density at radius 3 is 2.92 bits per heavy atom. The molecule has 2 rings (SSSR count). The number of nitrogens with zero attached hydrogens (tertiary/aromatic N) is 2. The topological polar surface area (TPSA) is 64.9 Å². The van der Waals surface area contributed by atoms with E-state index >= 15 is 0 Å². The van der Waals surface area contributed by atoms with Crippen molar-refractivity contribution in [2.45, 2.75) is 6.92 Å². The molecule has 66 valence electrons. The van der Waals surface area contributed by atoms with Gasteiger partial charge in [0, 0.05) is 5.56 Å². The van der Waals surface area contributed by atoms with Crippen molar-refractivity contribution in [2.75, 3.05) is 5.73 Å². The Morgan fingerprint density at radius 1 is 1.46 bits per heavy atom. The van der Waals surface area contributed by atoms with Gasteiger partial charge in [0.15, 0.2) is 0 Å². The Kier molecular flexibility index (Phi) is 1.73. The van der Waals surface area contributed by atoms with Gasteiger partial charge in [-0.05, 0) is 13.0 Å². The van der Waals surface area contributed by atoms with Gasteiger partial charge in [-0.2, -0.15) is 0 Å². The number of hydrogen-bond acceptors (Lipinski definition) is 4. The van der Waals surface area contributed by atoms with E-state index in [9.17, 15) is 0 Å². The lowest BCUT2D eigenvalue weighted by atomic mass is 10.1. The van der Waals surface area contributed by atoms with Crippen LogP contribution in [0.4, 0.5) is 5.69 Å². The summed E-state index contributed by atoms with van der Waals surface area (Å²) in [6.07, 6.45) is 4.67. The van der Waals surface area contributed by atoms with Gasteiger partial charge in [0.05, 0.1) is 18.1 Å². The molecule has 0 spiro atoms. The number of rotatable bonds is 1. The van der Waals surface area contributed by atoms with Gasteiger partial charge in [0.2, 0.25) is 0 Å². The highest BCUT2D eigenvalue weighted by Crippen LogP contribution is 2.25. The molecule has 0 amide bonds. The number of anilines is 1. The second-order valence-corrected chi connectivity index (χ2v) is 2.72. The third kappa shape index (κ3) is 1.26. The highest BCUT2D eigenvalue weighted by molar-refractivity contribution is 5.72. The summed E-state index contributed by atoms with van der Waals surface area (Å²) in [6, 6.07) is 1.84. The molecule has 0 aliphatic rings. The maximum Gasteiger partial charge on any atom is 0.116 e. The van der Waals surface area contributed by atoms with Crippen LogP contribution >= 0.6 is 0 Å². The SMILES string of the molecule is Cc1occc1-c1ncncc1N. The number of furan rings is 1. The Hall–Kier alpha value is -1.84. The zero-order valence-electron chi connectivity index (χ0n) is 7.19. The van der Waals surface area contributed by atoms with Crippen LogP contribution in [0, 0.1) is 6.92 Å². The Bertz CT molecular complexity index is 422. The molecular weight excluding hydrogens is 166 g/mol. The standard InChI is InChI=1S/C9H9N3O/c1-6-7(2-3-13-6)9-8(10)4-11-5-12-9/h2-5H,10H2,1H3. The van der Waals surface area contributed by atoms with Crippen LogP contribution in [0.2, 0.25) is 0 Å². The highest BCUT2D eigenvalue weighted by Gasteiger charge is 2.08. The van der Waals surface area contributed by atoms with E-state index in [1.807, 2.05) is 13.0 Å². The minimum absolute atomic E-state index is 0.562. The normalized spacial score (nSPS) is 10.2. The van der Waals surface area contributed by atoms with Crippen molar-refractivity contribution in [1.82, 2.24) is 9.97 Å². The molecule has 0 unspecified atom stereocenters. The Labute approximate surface area is 75.4 Å².